The molecule has 1 atom stereocenters. The first-order valence-corrected chi connectivity index (χ1v) is 5.00. The first-order valence-electron chi connectivity index (χ1n) is 5.00. The third kappa shape index (κ3) is 3.67. The fourth-order valence-electron chi connectivity index (χ4n) is 1.29. The van der Waals surface area contributed by atoms with E-state index in [-0.39, 0.29) is 10.4 Å². The van der Waals surface area contributed by atoms with Gasteiger partial charge in [-0.05, 0) is 6.42 Å². The number of aliphatic imine (C=N–C) groups is 1. The van der Waals surface area contributed by atoms with Crippen molar-refractivity contribution in [1.82, 2.24) is 0 Å². The van der Waals surface area contributed by atoms with Crippen LogP contribution >= 0.6 is 0 Å². The second-order valence-electron chi connectivity index (χ2n) is 4.65. The Morgan fingerprint density at radius 3 is 2.19 bits per heavy atom. The molecule has 0 saturated carbocycles. The van der Waals surface area contributed by atoms with Crippen LogP contribution in [-0.4, -0.2) is 54.9 Å². The summed E-state index contributed by atoms with van der Waals surface area (Å²) in [4.78, 5) is 15.0. The minimum absolute atomic E-state index is 0.00296. The summed E-state index contributed by atoms with van der Waals surface area (Å²) in [6.07, 6.45) is 0.832. The zero-order chi connectivity index (χ0) is 13.0. The van der Waals surface area contributed by atoms with Crippen LogP contribution in [0.4, 0.5) is 0 Å². The largest absolute Gasteiger partial charge is 0.476 e. The molecule has 0 unspecified atom stereocenters. The average Bonchev–Trinajstić information content (AvgIpc) is 2.09. The molecule has 0 spiro atoms. The van der Waals surface area contributed by atoms with Gasteiger partial charge in [0.25, 0.3) is 0 Å². The fraction of sp³-hybridized carbons (Fsp3) is 0.778. The Balaban J connectivity index is 4.49. The van der Waals surface area contributed by atoms with E-state index in [4.69, 9.17) is 22.3 Å². The van der Waals surface area contributed by atoms with Crippen molar-refractivity contribution in [3.63, 3.8) is 0 Å². The van der Waals surface area contributed by atoms with Gasteiger partial charge < -0.3 is 21.1 Å². The number of likely N-dealkylation sites (N-methyl/N-ethyl adjacent to an activating group) is 1. The lowest BCUT2D eigenvalue weighted by Gasteiger charge is -2.39. The maximum atomic E-state index is 11.2. The van der Waals surface area contributed by atoms with E-state index in [2.05, 4.69) is 4.99 Å². The molecule has 7 heteroatoms. The average molecular weight is 232 g/mol. The number of guanidine groups is 1. The van der Waals surface area contributed by atoms with Gasteiger partial charge in [-0.15, -0.1) is 0 Å². The van der Waals surface area contributed by atoms with Crippen LogP contribution in [0.5, 0.6) is 0 Å². The zero-order valence-corrected chi connectivity index (χ0v) is 10.1. The van der Waals surface area contributed by atoms with Gasteiger partial charge in [0.05, 0.1) is 21.1 Å². The van der Waals surface area contributed by atoms with Crippen LogP contribution in [0, 0.1) is 0 Å². The highest BCUT2D eigenvalue weighted by molar-refractivity contribution is 5.76. The molecule has 0 aromatic carbocycles. The minimum atomic E-state index is -1.32. The molecule has 0 saturated heterocycles. The Hall–Kier alpha value is -1.34. The maximum absolute atomic E-state index is 11.2. The summed E-state index contributed by atoms with van der Waals surface area (Å²) in [6, 6.07) is 0. The van der Waals surface area contributed by atoms with E-state index in [1.807, 2.05) is 0 Å². The number of aliphatic carboxylic acids is 1. The SMILES string of the molecule is C[N+](C)(C)[C@@](N)(CCCN=C(N)N)C(=O)O. The molecular formula is C9H22N5O2+. The van der Waals surface area contributed by atoms with Crippen molar-refractivity contribution < 1.29 is 14.4 Å². The molecule has 0 bridgehead atoms. The third-order valence-electron chi connectivity index (χ3n) is 2.58. The van der Waals surface area contributed by atoms with Crippen molar-refractivity contribution in [2.75, 3.05) is 27.7 Å². The molecule has 0 aliphatic carbocycles. The van der Waals surface area contributed by atoms with Crippen LogP contribution in [0.15, 0.2) is 4.99 Å². The minimum Gasteiger partial charge on any atom is -0.476 e. The molecule has 0 rings (SSSR count). The summed E-state index contributed by atoms with van der Waals surface area (Å²) < 4.78 is 0.143. The molecule has 0 aliphatic rings. The maximum Gasteiger partial charge on any atom is 0.381 e. The zero-order valence-electron chi connectivity index (χ0n) is 10.1. The molecule has 0 heterocycles. The fourth-order valence-corrected chi connectivity index (χ4v) is 1.29. The van der Waals surface area contributed by atoms with Gasteiger partial charge in [0.15, 0.2) is 5.96 Å². The molecule has 7 N–H and O–H groups in total. The monoisotopic (exact) mass is 232 g/mol. The van der Waals surface area contributed by atoms with Crippen molar-refractivity contribution in [3.05, 3.63) is 0 Å². The van der Waals surface area contributed by atoms with E-state index in [0.29, 0.717) is 19.4 Å². The number of hydrogen-bond donors (Lipinski definition) is 4. The number of nitrogens with two attached hydrogens (primary N) is 3. The van der Waals surface area contributed by atoms with E-state index in [9.17, 15) is 4.79 Å². The Morgan fingerprint density at radius 1 is 1.38 bits per heavy atom. The van der Waals surface area contributed by atoms with E-state index >= 15 is 0 Å². The van der Waals surface area contributed by atoms with Crippen LogP contribution in [0.1, 0.15) is 12.8 Å². The van der Waals surface area contributed by atoms with E-state index in [1.54, 1.807) is 21.1 Å². The molecule has 0 fully saturated rings. The predicted octanol–water partition coefficient (Wildman–Crippen LogP) is -1.51. The Morgan fingerprint density at radius 2 is 1.88 bits per heavy atom. The summed E-state index contributed by atoms with van der Waals surface area (Å²) in [6.45, 7) is 0.383. The molecule has 0 aliphatic heterocycles. The molecule has 7 nitrogen and oxygen atoms in total. The molecule has 0 aromatic heterocycles. The number of quaternary nitrogens is 1. The van der Waals surface area contributed by atoms with Crippen LogP contribution in [0.3, 0.4) is 0 Å². The lowest BCUT2D eigenvalue weighted by Crippen LogP contribution is -2.68. The molecular weight excluding hydrogens is 210 g/mol. The van der Waals surface area contributed by atoms with Crippen LogP contribution in [0.25, 0.3) is 0 Å². The van der Waals surface area contributed by atoms with E-state index in [0.717, 1.165) is 0 Å². The van der Waals surface area contributed by atoms with E-state index < -0.39 is 11.6 Å². The molecule has 94 valence electrons. The van der Waals surface area contributed by atoms with Gasteiger partial charge in [-0.1, -0.05) is 0 Å². The first kappa shape index (κ1) is 14.7. The Bertz CT molecular complexity index is 280. The van der Waals surface area contributed by atoms with E-state index in [1.165, 1.54) is 0 Å². The second kappa shape index (κ2) is 5.13. The number of rotatable bonds is 6. The van der Waals surface area contributed by atoms with Crippen molar-refractivity contribution >= 4 is 11.9 Å². The summed E-state index contributed by atoms with van der Waals surface area (Å²) in [5, 5.41) is 9.15. The molecule has 0 radical (unpaired) electrons. The molecule has 16 heavy (non-hydrogen) atoms. The number of hydrogen-bond acceptors (Lipinski definition) is 3. The highest BCUT2D eigenvalue weighted by Crippen LogP contribution is 2.19. The summed E-state index contributed by atoms with van der Waals surface area (Å²) in [5.41, 5.74) is 14.9. The van der Waals surface area contributed by atoms with Crippen LogP contribution in [0.2, 0.25) is 0 Å². The second-order valence-corrected chi connectivity index (χ2v) is 4.65. The standard InChI is InChI=1S/C9H21N5O2/c1-14(2,3)9(12,7(15)16)5-4-6-13-8(10)11/h4-6,12H2,1-3H3,(H4-,10,11,13,15,16)/p+1/t9-/m0/s1. The highest BCUT2D eigenvalue weighted by atomic mass is 16.4. The summed E-state index contributed by atoms with van der Waals surface area (Å²) in [5.74, 6) is -1.02. The van der Waals surface area contributed by atoms with Crippen LogP contribution < -0.4 is 17.2 Å². The smallest absolute Gasteiger partial charge is 0.381 e. The van der Waals surface area contributed by atoms with Crippen molar-refractivity contribution in [2.24, 2.45) is 22.2 Å². The summed E-state index contributed by atoms with van der Waals surface area (Å²) in [7, 11) is 5.23. The van der Waals surface area contributed by atoms with Gasteiger partial charge in [-0.25, -0.2) is 4.79 Å². The van der Waals surface area contributed by atoms with Gasteiger partial charge in [0, 0.05) is 13.0 Å². The topological polar surface area (TPSA) is 128 Å². The highest BCUT2D eigenvalue weighted by Gasteiger charge is 2.46. The number of nitrogens with zero attached hydrogens (tertiary/aromatic N) is 2. The van der Waals surface area contributed by atoms with Gasteiger partial charge in [-0.2, -0.15) is 0 Å². The van der Waals surface area contributed by atoms with Gasteiger partial charge >= 0.3 is 5.97 Å². The van der Waals surface area contributed by atoms with Gasteiger partial charge in [0.1, 0.15) is 0 Å². The number of carbonyl (C=O) groups is 1. The van der Waals surface area contributed by atoms with Crippen LogP contribution in [-0.2, 0) is 4.79 Å². The number of carboxylic acids is 1. The Kier molecular flexibility index (Phi) is 4.70. The number of carboxylic acid groups (broad SMARTS) is 1. The lowest BCUT2D eigenvalue weighted by atomic mass is 10.0. The third-order valence-corrected chi connectivity index (χ3v) is 2.58. The normalized spacial score (nSPS) is 15.2. The van der Waals surface area contributed by atoms with Crippen molar-refractivity contribution in [1.29, 1.82) is 0 Å². The molecule has 0 aromatic rings. The van der Waals surface area contributed by atoms with Gasteiger partial charge in [0.2, 0.25) is 5.66 Å². The predicted molar refractivity (Wildman–Crippen MR) is 62.5 cm³/mol. The Labute approximate surface area is 95.5 Å². The van der Waals surface area contributed by atoms with Crippen molar-refractivity contribution in [3.8, 4) is 0 Å². The quantitative estimate of drug-likeness (QED) is 0.145. The summed E-state index contributed by atoms with van der Waals surface area (Å²) >= 11 is 0. The van der Waals surface area contributed by atoms with Crippen molar-refractivity contribution in [2.45, 2.75) is 18.5 Å². The lowest BCUT2D eigenvalue weighted by molar-refractivity contribution is -0.914. The first-order chi connectivity index (χ1) is 7.11. The molecule has 0 amide bonds. The van der Waals surface area contributed by atoms with Gasteiger partial charge in [-0.3, -0.25) is 10.7 Å².